The zero-order valence-corrected chi connectivity index (χ0v) is 4.28. The molecule has 0 aromatic rings. The molecular formula is C5H5N3. The minimum Gasteiger partial charge on any atom is -0.175 e. The van der Waals surface area contributed by atoms with Gasteiger partial charge in [0.15, 0.2) is 0 Å². The third-order valence-corrected chi connectivity index (χ3v) is 0.797. The average molecular weight is 107 g/mol. The molecule has 0 bridgehead atoms. The summed E-state index contributed by atoms with van der Waals surface area (Å²) >= 11 is 0. The fourth-order valence-electron chi connectivity index (χ4n) is 0.454. The van der Waals surface area contributed by atoms with Gasteiger partial charge in [0.1, 0.15) is 0 Å². The van der Waals surface area contributed by atoms with Crippen LogP contribution in [0, 0.1) is 11.5 Å². The van der Waals surface area contributed by atoms with E-state index in [0.29, 0.717) is 0 Å². The molecule has 0 spiro atoms. The van der Waals surface area contributed by atoms with Crippen LogP contribution in [-0.2, 0) is 0 Å². The van der Waals surface area contributed by atoms with Gasteiger partial charge in [-0.25, -0.2) is 0 Å². The van der Waals surface area contributed by atoms with E-state index in [2.05, 4.69) is 5.10 Å². The Kier molecular flexibility index (Phi) is 1.29. The topological polar surface area (TPSA) is 39.4 Å². The zero-order chi connectivity index (χ0) is 5.82. The molecular weight excluding hydrogens is 102 g/mol. The SMILES string of the molecule is N#CN1C=CCC=N1. The second-order valence-corrected chi connectivity index (χ2v) is 1.36. The molecule has 1 aliphatic rings. The summed E-state index contributed by atoms with van der Waals surface area (Å²) in [6, 6.07) is 0. The molecule has 0 atom stereocenters. The van der Waals surface area contributed by atoms with Gasteiger partial charge in [0.2, 0.25) is 6.19 Å². The average Bonchev–Trinajstić information content (AvgIpc) is 1.90. The van der Waals surface area contributed by atoms with Crippen LogP contribution in [-0.4, -0.2) is 11.2 Å². The molecule has 1 rings (SSSR count). The van der Waals surface area contributed by atoms with Crippen molar-refractivity contribution < 1.29 is 0 Å². The second-order valence-electron chi connectivity index (χ2n) is 1.36. The van der Waals surface area contributed by atoms with E-state index in [9.17, 15) is 0 Å². The maximum Gasteiger partial charge on any atom is 0.206 e. The lowest BCUT2D eigenvalue weighted by Gasteiger charge is -2.03. The van der Waals surface area contributed by atoms with Crippen LogP contribution in [0.2, 0.25) is 0 Å². The first-order valence-corrected chi connectivity index (χ1v) is 2.31. The van der Waals surface area contributed by atoms with E-state index in [4.69, 9.17) is 5.26 Å². The molecule has 0 saturated carbocycles. The number of hydrogen-bond acceptors (Lipinski definition) is 3. The van der Waals surface area contributed by atoms with Gasteiger partial charge >= 0.3 is 0 Å². The van der Waals surface area contributed by atoms with Gasteiger partial charge in [-0.2, -0.15) is 15.4 Å². The molecule has 40 valence electrons. The highest BCUT2D eigenvalue weighted by molar-refractivity contribution is 5.60. The van der Waals surface area contributed by atoms with E-state index in [1.165, 1.54) is 5.01 Å². The van der Waals surface area contributed by atoms with E-state index in [-0.39, 0.29) is 0 Å². The quantitative estimate of drug-likeness (QED) is 0.427. The van der Waals surface area contributed by atoms with E-state index in [1.807, 2.05) is 12.3 Å². The second kappa shape index (κ2) is 2.12. The van der Waals surface area contributed by atoms with Crippen LogP contribution in [0.15, 0.2) is 17.4 Å². The maximum atomic E-state index is 8.20. The van der Waals surface area contributed by atoms with Crippen LogP contribution in [0.3, 0.4) is 0 Å². The molecule has 0 aromatic carbocycles. The van der Waals surface area contributed by atoms with Gasteiger partial charge in [0.25, 0.3) is 0 Å². The Morgan fingerprint density at radius 1 is 1.75 bits per heavy atom. The highest BCUT2D eigenvalue weighted by atomic mass is 15.4. The van der Waals surface area contributed by atoms with Gasteiger partial charge in [-0.1, -0.05) is 6.08 Å². The van der Waals surface area contributed by atoms with Crippen LogP contribution >= 0.6 is 0 Å². The van der Waals surface area contributed by atoms with E-state index < -0.39 is 0 Å². The Hall–Kier alpha value is -1.30. The standard InChI is InChI=1S/C5H5N3/c6-5-8-4-2-1-3-7-8/h2-4H,1H2. The summed E-state index contributed by atoms with van der Waals surface area (Å²) in [5, 5.41) is 13.1. The van der Waals surface area contributed by atoms with Crippen molar-refractivity contribution in [2.75, 3.05) is 0 Å². The predicted octanol–water partition coefficient (Wildman–Crippen LogP) is 0.673. The zero-order valence-electron chi connectivity index (χ0n) is 4.28. The smallest absolute Gasteiger partial charge is 0.175 e. The summed E-state index contributed by atoms with van der Waals surface area (Å²) in [5.41, 5.74) is 0. The fraction of sp³-hybridized carbons (Fsp3) is 0.200. The Morgan fingerprint density at radius 2 is 2.62 bits per heavy atom. The molecule has 0 saturated heterocycles. The van der Waals surface area contributed by atoms with Gasteiger partial charge in [-0.05, 0) is 0 Å². The van der Waals surface area contributed by atoms with Crippen molar-refractivity contribution in [1.82, 2.24) is 5.01 Å². The van der Waals surface area contributed by atoms with Crippen LogP contribution in [0.25, 0.3) is 0 Å². The first kappa shape index (κ1) is 4.85. The molecule has 0 radical (unpaired) electrons. The van der Waals surface area contributed by atoms with E-state index >= 15 is 0 Å². The van der Waals surface area contributed by atoms with E-state index in [0.717, 1.165) is 6.42 Å². The first-order valence-electron chi connectivity index (χ1n) is 2.31. The molecule has 0 amide bonds. The largest absolute Gasteiger partial charge is 0.206 e. The molecule has 1 aliphatic heterocycles. The lowest BCUT2D eigenvalue weighted by molar-refractivity contribution is 0.560. The van der Waals surface area contributed by atoms with Crippen LogP contribution in [0.5, 0.6) is 0 Å². The van der Waals surface area contributed by atoms with Crippen LogP contribution < -0.4 is 0 Å². The van der Waals surface area contributed by atoms with Gasteiger partial charge in [-0.15, -0.1) is 0 Å². The van der Waals surface area contributed by atoms with Crippen molar-refractivity contribution >= 4 is 6.21 Å². The van der Waals surface area contributed by atoms with Crippen LogP contribution in [0.1, 0.15) is 6.42 Å². The summed E-state index contributed by atoms with van der Waals surface area (Å²) in [6.45, 7) is 0. The summed E-state index contributed by atoms with van der Waals surface area (Å²) in [6.07, 6.45) is 7.88. The summed E-state index contributed by atoms with van der Waals surface area (Å²) in [7, 11) is 0. The number of nitrogens with zero attached hydrogens (tertiary/aromatic N) is 3. The Bertz CT molecular complexity index is 151. The minimum absolute atomic E-state index is 0.832. The van der Waals surface area contributed by atoms with E-state index in [1.54, 1.807) is 12.4 Å². The third-order valence-electron chi connectivity index (χ3n) is 0.797. The molecule has 0 N–H and O–H groups in total. The van der Waals surface area contributed by atoms with Crippen molar-refractivity contribution in [3.63, 3.8) is 0 Å². The number of hydrogen-bond donors (Lipinski definition) is 0. The molecule has 0 aromatic heterocycles. The Balaban J connectivity index is 2.58. The molecule has 0 fully saturated rings. The normalized spacial score (nSPS) is 16.1. The molecule has 1 heterocycles. The van der Waals surface area contributed by atoms with Gasteiger partial charge in [0, 0.05) is 18.8 Å². The number of rotatable bonds is 0. The van der Waals surface area contributed by atoms with Gasteiger partial charge in [0.05, 0.1) is 0 Å². The highest BCUT2D eigenvalue weighted by Gasteiger charge is 1.91. The Morgan fingerprint density at radius 3 is 3.00 bits per heavy atom. The van der Waals surface area contributed by atoms with Crippen molar-refractivity contribution in [2.24, 2.45) is 5.10 Å². The van der Waals surface area contributed by atoms with Crippen molar-refractivity contribution in [3.05, 3.63) is 12.3 Å². The highest BCUT2D eigenvalue weighted by Crippen LogP contribution is 1.94. The molecule has 8 heavy (non-hydrogen) atoms. The van der Waals surface area contributed by atoms with Crippen molar-refractivity contribution in [3.8, 4) is 6.19 Å². The predicted molar refractivity (Wildman–Crippen MR) is 29.7 cm³/mol. The molecule has 0 aliphatic carbocycles. The Labute approximate surface area is 47.5 Å². The van der Waals surface area contributed by atoms with Crippen molar-refractivity contribution in [1.29, 1.82) is 5.26 Å². The molecule has 3 heteroatoms. The third kappa shape index (κ3) is 0.850. The number of allylic oxidation sites excluding steroid dienone is 1. The lowest BCUT2D eigenvalue weighted by Crippen LogP contribution is -2.03. The van der Waals surface area contributed by atoms with Crippen molar-refractivity contribution in [2.45, 2.75) is 6.42 Å². The molecule has 3 nitrogen and oxygen atoms in total. The monoisotopic (exact) mass is 107 g/mol. The van der Waals surface area contributed by atoms with Crippen LogP contribution in [0.4, 0.5) is 0 Å². The first-order chi connectivity index (χ1) is 3.93. The lowest BCUT2D eigenvalue weighted by atomic mass is 10.4. The molecule has 0 unspecified atom stereocenters. The minimum atomic E-state index is 0.832. The van der Waals surface area contributed by atoms with Gasteiger partial charge in [-0.3, -0.25) is 0 Å². The summed E-state index contributed by atoms with van der Waals surface area (Å²) in [4.78, 5) is 0. The summed E-state index contributed by atoms with van der Waals surface area (Å²) < 4.78 is 0. The van der Waals surface area contributed by atoms with Gasteiger partial charge < -0.3 is 0 Å². The fourth-order valence-corrected chi connectivity index (χ4v) is 0.454. The summed E-state index contributed by atoms with van der Waals surface area (Å²) in [5.74, 6) is 0. The number of nitriles is 1. The maximum absolute atomic E-state index is 8.20. The number of hydrazone groups is 1.